The van der Waals surface area contributed by atoms with Crippen LogP contribution in [0.15, 0.2) is 66.9 Å². The van der Waals surface area contributed by atoms with Crippen LogP contribution in [0, 0.1) is 0 Å². The Hall–Kier alpha value is -2.72. The molecular weight excluding hydrogens is 346 g/mol. The summed E-state index contributed by atoms with van der Waals surface area (Å²) in [5.74, 6) is 0.0967. The van der Waals surface area contributed by atoms with E-state index in [9.17, 15) is 4.79 Å². The number of carbonyl (C=O) groups is 1. The summed E-state index contributed by atoms with van der Waals surface area (Å²) in [6, 6.07) is 20.9. The molecule has 2 heterocycles. The number of likely N-dealkylation sites (N-methyl/N-ethyl adjacent to an activating group) is 1. The molecule has 0 saturated carbocycles. The van der Waals surface area contributed by atoms with Crippen LogP contribution in [0.25, 0.3) is 10.9 Å². The molecule has 3 aromatic rings. The highest BCUT2D eigenvalue weighted by Crippen LogP contribution is 2.19. The SMILES string of the molecule is CN(CCc1ccccc1)C1CCCN(C(=O)c2cnc3ccccc3c2)C1. The molecule has 1 saturated heterocycles. The van der Waals surface area contributed by atoms with Gasteiger partial charge in [-0.1, -0.05) is 48.5 Å². The van der Waals surface area contributed by atoms with E-state index in [-0.39, 0.29) is 5.91 Å². The molecule has 0 N–H and O–H groups in total. The molecule has 0 bridgehead atoms. The summed E-state index contributed by atoms with van der Waals surface area (Å²) in [7, 11) is 2.18. The van der Waals surface area contributed by atoms with Crippen LogP contribution in [0.5, 0.6) is 0 Å². The monoisotopic (exact) mass is 373 g/mol. The predicted octanol–water partition coefficient (Wildman–Crippen LogP) is 4.01. The molecule has 1 amide bonds. The quantitative estimate of drug-likeness (QED) is 0.678. The van der Waals surface area contributed by atoms with Gasteiger partial charge in [-0.25, -0.2) is 0 Å². The zero-order valence-corrected chi connectivity index (χ0v) is 16.4. The van der Waals surface area contributed by atoms with E-state index in [1.54, 1.807) is 6.20 Å². The Morgan fingerprint density at radius 3 is 2.79 bits per heavy atom. The maximum Gasteiger partial charge on any atom is 0.255 e. The molecule has 4 heteroatoms. The number of para-hydroxylation sites is 1. The number of carbonyl (C=O) groups excluding carboxylic acids is 1. The zero-order chi connectivity index (χ0) is 19.3. The first-order chi connectivity index (χ1) is 13.7. The highest BCUT2D eigenvalue weighted by Gasteiger charge is 2.27. The van der Waals surface area contributed by atoms with Crippen LogP contribution < -0.4 is 0 Å². The summed E-state index contributed by atoms with van der Waals surface area (Å²) in [5, 5.41) is 1.02. The Morgan fingerprint density at radius 2 is 1.93 bits per heavy atom. The molecule has 4 nitrogen and oxygen atoms in total. The lowest BCUT2D eigenvalue weighted by Gasteiger charge is -2.37. The van der Waals surface area contributed by atoms with Gasteiger partial charge >= 0.3 is 0 Å². The van der Waals surface area contributed by atoms with Crippen LogP contribution in [0.2, 0.25) is 0 Å². The van der Waals surface area contributed by atoms with Crippen molar-refractivity contribution in [2.75, 3.05) is 26.7 Å². The van der Waals surface area contributed by atoms with Crippen LogP contribution in [-0.4, -0.2) is 53.4 Å². The number of hydrogen-bond acceptors (Lipinski definition) is 3. The second-order valence-electron chi connectivity index (χ2n) is 7.68. The fourth-order valence-electron chi connectivity index (χ4n) is 4.00. The summed E-state index contributed by atoms with van der Waals surface area (Å²) in [6.45, 7) is 2.62. The molecule has 0 radical (unpaired) electrons. The van der Waals surface area contributed by atoms with Gasteiger partial charge < -0.3 is 9.80 Å². The van der Waals surface area contributed by atoms with Crippen molar-refractivity contribution in [3.05, 3.63) is 78.0 Å². The number of hydrogen-bond donors (Lipinski definition) is 0. The summed E-state index contributed by atoms with van der Waals surface area (Å²) < 4.78 is 0. The number of nitrogens with zero attached hydrogens (tertiary/aromatic N) is 3. The predicted molar refractivity (Wildman–Crippen MR) is 113 cm³/mol. The van der Waals surface area contributed by atoms with Crippen molar-refractivity contribution in [3.8, 4) is 0 Å². The fraction of sp³-hybridized carbons (Fsp3) is 0.333. The van der Waals surface area contributed by atoms with E-state index < -0.39 is 0 Å². The summed E-state index contributed by atoms with van der Waals surface area (Å²) in [6.07, 6.45) is 4.95. The Labute approximate surface area is 166 Å². The topological polar surface area (TPSA) is 36.4 Å². The van der Waals surface area contributed by atoms with Crippen LogP contribution >= 0.6 is 0 Å². The van der Waals surface area contributed by atoms with Crippen LogP contribution in [0.1, 0.15) is 28.8 Å². The van der Waals surface area contributed by atoms with Crippen molar-refractivity contribution in [2.45, 2.75) is 25.3 Å². The highest BCUT2D eigenvalue weighted by molar-refractivity contribution is 5.97. The largest absolute Gasteiger partial charge is 0.337 e. The number of piperidine rings is 1. The molecule has 2 aromatic carbocycles. The van der Waals surface area contributed by atoms with E-state index in [4.69, 9.17) is 0 Å². The maximum atomic E-state index is 13.1. The van der Waals surface area contributed by atoms with Gasteiger partial charge in [-0.15, -0.1) is 0 Å². The van der Waals surface area contributed by atoms with Gasteiger partial charge in [0.15, 0.2) is 0 Å². The Kier molecular flexibility index (Phi) is 5.68. The van der Waals surface area contributed by atoms with Crippen LogP contribution in [-0.2, 0) is 6.42 Å². The molecule has 1 aliphatic rings. The second kappa shape index (κ2) is 8.53. The lowest BCUT2D eigenvalue weighted by Crippen LogP contribution is -2.49. The van der Waals surface area contributed by atoms with Crippen molar-refractivity contribution in [2.24, 2.45) is 0 Å². The van der Waals surface area contributed by atoms with E-state index in [1.807, 2.05) is 35.2 Å². The molecule has 1 atom stereocenters. The molecule has 144 valence electrons. The van der Waals surface area contributed by atoms with Crippen LogP contribution in [0.4, 0.5) is 0 Å². The van der Waals surface area contributed by atoms with Gasteiger partial charge in [-0.3, -0.25) is 9.78 Å². The molecule has 1 unspecified atom stereocenters. The molecule has 4 rings (SSSR count). The number of aromatic nitrogens is 1. The van der Waals surface area contributed by atoms with Gasteiger partial charge in [0.1, 0.15) is 0 Å². The third kappa shape index (κ3) is 4.23. The van der Waals surface area contributed by atoms with Crippen molar-refractivity contribution in [3.63, 3.8) is 0 Å². The van der Waals surface area contributed by atoms with E-state index in [0.717, 1.165) is 49.8 Å². The number of benzene rings is 2. The average molecular weight is 374 g/mol. The van der Waals surface area contributed by atoms with E-state index in [0.29, 0.717) is 11.6 Å². The minimum atomic E-state index is 0.0967. The second-order valence-corrected chi connectivity index (χ2v) is 7.68. The molecule has 1 aromatic heterocycles. The standard InChI is InChI=1S/C24H27N3O/c1-26(15-13-19-8-3-2-4-9-19)22-11-7-14-27(18-22)24(28)21-16-20-10-5-6-12-23(20)25-17-21/h2-6,8-10,12,16-17,22H,7,11,13-15,18H2,1H3. The van der Waals surface area contributed by atoms with E-state index in [1.165, 1.54) is 5.56 Å². The Bertz CT molecular complexity index is 941. The summed E-state index contributed by atoms with van der Waals surface area (Å²) >= 11 is 0. The van der Waals surface area contributed by atoms with Crippen LogP contribution in [0.3, 0.4) is 0 Å². The first kappa shape index (κ1) is 18.6. The zero-order valence-electron chi connectivity index (χ0n) is 16.4. The molecule has 28 heavy (non-hydrogen) atoms. The Morgan fingerprint density at radius 1 is 1.14 bits per heavy atom. The highest BCUT2D eigenvalue weighted by atomic mass is 16.2. The fourth-order valence-corrected chi connectivity index (χ4v) is 4.00. The number of rotatable bonds is 5. The molecule has 0 spiro atoms. The third-order valence-electron chi connectivity index (χ3n) is 5.74. The van der Waals surface area contributed by atoms with Gasteiger partial charge in [0, 0.05) is 37.3 Å². The van der Waals surface area contributed by atoms with Crippen molar-refractivity contribution >= 4 is 16.8 Å². The third-order valence-corrected chi connectivity index (χ3v) is 5.74. The number of likely N-dealkylation sites (tertiary alicyclic amines) is 1. The van der Waals surface area contributed by atoms with Crippen molar-refractivity contribution in [1.29, 1.82) is 0 Å². The summed E-state index contributed by atoms with van der Waals surface area (Å²) in [4.78, 5) is 21.9. The van der Waals surface area contributed by atoms with Gasteiger partial charge in [-0.2, -0.15) is 0 Å². The molecular formula is C24H27N3O. The minimum absolute atomic E-state index is 0.0967. The normalized spacial score (nSPS) is 17.2. The number of pyridine rings is 1. The van der Waals surface area contributed by atoms with E-state index >= 15 is 0 Å². The first-order valence-corrected chi connectivity index (χ1v) is 10.1. The number of amides is 1. The minimum Gasteiger partial charge on any atom is -0.337 e. The van der Waals surface area contributed by atoms with Gasteiger partial charge in [-0.05, 0) is 44.0 Å². The summed E-state index contributed by atoms with van der Waals surface area (Å²) in [5.41, 5.74) is 2.97. The lowest BCUT2D eigenvalue weighted by atomic mass is 10.0. The number of fused-ring (bicyclic) bond motifs is 1. The molecule has 1 fully saturated rings. The van der Waals surface area contributed by atoms with Crippen molar-refractivity contribution in [1.82, 2.24) is 14.8 Å². The maximum absolute atomic E-state index is 13.1. The van der Waals surface area contributed by atoms with Gasteiger partial charge in [0.2, 0.25) is 0 Å². The van der Waals surface area contributed by atoms with E-state index in [2.05, 4.69) is 47.3 Å². The smallest absolute Gasteiger partial charge is 0.255 e. The lowest BCUT2D eigenvalue weighted by molar-refractivity contribution is 0.0611. The first-order valence-electron chi connectivity index (χ1n) is 10.1. The Balaban J connectivity index is 1.40. The average Bonchev–Trinajstić information content (AvgIpc) is 2.77. The molecule has 0 aliphatic carbocycles. The van der Waals surface area contributed by atoms with Gasteiger partial charge in [0.05, 0.1) is 11.1 Å². The molecule has 1 aliphatic heterocycles. The van der Waals surface area contributed by atoms with Gasteiger partial charge in [0.25, 0.3) is 5.91 Å². The van der Waals surface area contributed by atoms with Crippen molar-refractivity contribution < 1.29 is 4.79 Å².